The number of aromatic nitrogens is 5. The first-order valence-electron chi connectivity index (χ1n) is 8.27. The monoisotopic (exact) mass is 379 g/mol. The number of rotatable bonds is 3. The predicted molar refractivity (Wildman–Crippen MR) is 87.9 cm³/mol. The molecular formula is C16H16F3N7O. The van der Waals surface area contributed by atoms with E-state index in [1.165, 1.54) is 23.0 Å². The highest BCUT2D eigenvalue weighted by atomic mass is 19.4. The van der Waals surface area contributed by atoms with Crippen molar-refractivity contribution >= 4 is 0 Å². The second-order valence-electron chi connectivity index (χ2n) is 6.25. The molecular weight excluding hydrogens is 363 g/mol. The number of hydrogen-bond donors (Lipinski definition) is 1. The van der Waals surface area contributed by atoms with E-state index in [2.05, 4.69) is 30.7 Å². The lowest BCUT2D eigenvalue weighted by Crippen LogP contribution is -2.44. The van der Waals surface area contributed by atoms with E-state index < -0.39 is 11.7 Å². The fourth-order valence-corrected chi connectivity index (χ4v) is 2.88. The van der Waals surface area contributed by atoms with Crippen molar-refractivity contribution in [3.63, 3.8) is 0 Å². The van der Waals surface area contributed by atoms with Gasteiger partial charge in [0.1, 0.15) is 0 Å². The van der Waals surface area contributed by atoms with Gasteiger partial charge in [-0.3, -0.25) is 4.90 Å². The highest BCUT2D eigenvalue weighted by Gasteiger charge is 2.31. The molecule has 0 saturated carbocycles. The minimum Gasteiger partial charge on any atom is -0.332 e. The quantitative estimate of drug-likeness (QED) is 0.744. The summed E-state index contributed by atoms with van der Waals surface area (Å²) in [5.74, 6) is 0.690. The van der Waals surface area contributed by atoms with E-state index in [1.54, 1.807) is 0 Å². The van der Waals surface area contributed by atoms with Gasteiger partial charge in [0.05, 0.1) is 23.5 Å². The van der Waals surface area contributed by atoms with Crippen molar-refractivity contribution in [3.8, 4) is 17.3 Å². The minimum atomic E-state index is -4.43. The number of alkyl halides is 3. The Kier molecular flexibility index (Phi) is 4.40. The normalized spacial score (nSPS) is 18.7. The molecule has 1 saturated heterocycles. The molecule has 1 aromatic carbocycles. The summed E-state index contributed by atoms with van der Waals surface area (Å²) >= 11 is 0. The number of hydrogen-bond acceptors (Lipinski definition) is 7. The maximum atomic E-state index is 12.9. The van der Waals surface area contributed by atoms with Crippen molar-refractivity contribution in [2.24, 2.45) is 0 Å². The number of halogens is 3. The molecule has 1 N–H and O–H groups in total. The number of likely N-dealkylation sites (N-methyl/N-ethyl adjacent to an activating group) is 1. The molecule has 0 radical (unpaired) electrons. The molecule has 27 heavy (non-hydrogen) atoms. The molecule has 2 aromatic heterocycles. The highest BCUT2D eigenvalue weighted by molar-refractivity contribution is 5.46. The summed E-state index contributed by atoms with van der Waals surface area (Å²) in [4.78, 5) is 6.48. The molecule has 1 aliphatic heterocycles. The van der Waals surface area contributed by atoms with Crippen molar-refractivity contribution in [2.75, 3.05) is 26.7 Å². The number of nitrogens with zero attached hydrogens (tertiary/aromatic N) is 6. The van der Waals surface area contributed by atoms with Crippen LogP contribution in [0.25, 0.3) is 17.3 Å². The van der Waals surface area contributed by atoms with E-state index in [0.29, 0.717) is 12.4 Å². The number of benzene rings is 1. The van der Waals surface area contributed by atoms with Crippen LogP contribution in [0.3, 0.4) is 0 Å². The van der Waals surface area contributed by atoms with E-state index in [1.807, 2.05) is 7.05 Å². The lowest BCUT2D eigenvalue weighted by atomic mass is 10.2. The zero-order chi connectivity index (χ0) is 19.0. The third-order valence-corrected chi connectivity index (χ3v) is 4.40. The van der Waals surface area contributed by atoms with Crippen LogP contribution in [0.1, 0.15) is 17.4 Å². The first kappa shape index (κ1) is 17.6. The second kappa shape index (κ2) is 6.74. The molecule has 8 nitrogen and oxygen atoms in total. The Morgan fingerprint density at radius 2 is 2.15 bits per heavy atom. The topological polar surface area (TPSA) is 84.9 Å². The molecule has 1 atom stereocenters. The zero-order valence-corrected chi connectivity index (χ0v) is 14.3. The van der Waals surface area contributed by atoms with Crippen LogP contribution in [-0.4, -0.2) is 56.7 Å². The van der Waals surface area contributed by atoms with Gasteiger partial charge in [-0.2, -0.15) is 18.2 Å². The summed E-state index contributed by atoms with van der Waals surface area (Å²) in [6.45, 7) is 2.45. The van der Waals surface area contributed by atoms with Gasteiger partial charge in [-0.25, -0.2) is 4.68 Å². The standard InChI is InChI=1S/C16H16F3N7O/c1-25-6-5-20-8-13(25)14-21-15(27-23-14)12-9-26(24-22-12)11-4-2-3-10(7-11)16(17,18)19/h2-4,7,9,13,20H,5-6,8H2,1H3. The molecule has 0 bridgehead atoms. The van der Waals surface area contributed by atoms with Gasteiger partial charge in [0, 0.05) is 19.6 Å². The molecule has 142 valence electrons. The third-order valence-electron chi connectivity index (χ3n) is 4.40. The summed E-state index contributed by atoms with van der Waals surface area (Å²) in [6.07, 6.45) is -2.98. The molecule has 4 rings (SSSR count). The van der Waals surface area contributed by atoms with Crippen LogP contribution in [0.4, 0.5) is 13.2 Å². The molecule has 1 unspecified atom stereocenters. The minimum absolute atomic E-state index is 0.0187. The van der Waals surface area contributed by atoms with Gasteiger partial charge < -0.3 is 9.84 Å². The van der Waals surface area contributed by atoms with E-state index in [-0.39, 0.29) is 23.3 Å². The van der Waals surface area contributed by atoms with Crippen LogP contribution in [0.15, 0.2) is 35.0 Å². The van der Waals surface area contributed by atoms with Gasteiger partial charge in [-0.1, -0.05) is 16.4 Å². The smallest absolute Gasteiger partial charge is 0.332 e. The summed E-state index contributed by atoms with van der Waals surface area (Å²) in [6, 6.07) is 4.81. The van der Waals surface area contributed by atoms with E-state index in [4.69, 9.17) is 4.52 Å². The number of piperazine rings is 1. The summed E-state index contributed by atoms with van der Waals surface area (Å²) in [5, 5.41) is 15.1. The Bertz CT molecular complexity index is 936. The Morgan fingerprint density at radius 1 is 1.30 bits per heavy atom. The highest BCUT2D eigenvalue weighted by Crippen LogP contribution is 2.30. The Labute approximate surface area is 152 Å². The van der Waals surface area contributed by atoms with Crippen molar-refractivity contribution in [2.45, 2.75) is 12.2 Å². The molecule has 3 heterocycles. The van der Waals surface area contributed by atoms with Crippen LogP contribution in [0.2, 0.25) is 0 Å². The van der Waals surface area contributed by atoms with Gasteiger partial charge in [0.25, 0.3) is 5.89 Å². The lowest BCUT2D eigenvalue weighted by Gasteiger charge is -2.30. The molecule has 1 aliphatic rings. The van der Waals surface area contributed by atoms with Gasteiger partial charge in [0.15, 0.2) is 11.5 Å². The predicted octanol–water partition coefficient (Wildman–Crippen LogP) is 1.91. The van der Waals surface area contributed by atoms with Crippen molar-refractivity contribution < 1.29 is 17.7 Å². The van der Waals surface area contributed by atoms with Crippen LogP contribution in [0, 0.1) is 0 Å². The zero-order valence-electron chi connectivity index (χ0n) is 14.3. The number of nitrogens with one attached hydrogen (secondary N) is 1. The third kappa shape index (κ3) is 3.55. The summed E-state index contributed by atoms with van der Waals surface area (Å²) < 4.78 is 45.1. The maximum Gasteiger partial charge on any atom is 0.416 e. The van der Waals surface area contributed by atoms with Crippen LogP contribution < -0.4 is 5.32 Å². The summed E-state index contributed by atoms with van der Waals surface area (Å²) in [5.41, 5.74) is -0.234. The van der Waals surface area contributed by atoms with Crippen molar-refractivity contribution in [1.29, 1.82) is 0 Å². The average Bonchev–Trinajstić information content (AvgIpc) is 3.31. The molecule has 1 fully saturated rings. The summed E-state index contributed by atoms with van der Waals surface area (Å²) in [7, 11) is 1.98. The van der Waals surface area contributed by atoms with Gasteiger partial charge in [0.2, 0.25) is 0 Å². The fourth-order valence-electron chi connectivity index (χ4n) is 2.88. The van der Waals surface area contributed by atoms with Crippen molar-refractivity contribution in [1.82, 2.24) is 35.4 Å². The molecule has 11 heteroatoms. The van der Waals surface area contributed by atoms with Crippen LogP contribution in [-0.2, 0) is 6.18 Å². The van der Waals surface area contributed by atoms with E-state index >= 15 is 0 Å². The average molecular weight is 379 g/mol. The molecule has 0 amide bonds. The maximum absolute atomic E-state index is 12.9. The SMILES string of the molecule is CN1CCNCC1c1noc(-c2cn(-c3cccc(C(F)(F)F)c3)nn2)n1. The Balaban J connectivity index is 1.58. The first-order chi connectivity index (χ1) is 12.9. The van der Waals surface area contributed by atoms with E-state index in [0.717, 1.165) is 25.2 Å². The fraction of sp³-hybridized carbons (Fsp3) is 0.375. The van der Waals surface area contributed by atoms with Crippen molar-refractivity contribution in [3.05, 3.63) is 41.9 Å². The molecule has 0 aliphatic carbocycles. The van der Waals surface area contributed by atoms with Crippen LogP contribution in [0.5, 0.6) is 0 Å². The van der Waals surface area contributed by atoms with Gasteiger partial charge in [-0.05, 0) is 25.2 Å². The van der Waals surface area contributed by atoms with Gasteiger partial charge in [-0.15, -0.1) is 5.10 Å². The molecule has 3 aromatic rings. The second-order valence-corrected chi connectivity index (χ2v) is 6.25. The Hall–Kier alpha value is -2.79. The van der Waals surface area contributed by atoms with Gasteiger partial charge >= 0.3 is 6.18 Å². The first-order valence-corrected chi connectivity index (χ1v) is 8.27. The molecule has 0 spiro atoms. The largest absolute Gasteiger partial charge is 0.416 e. The lowest BCUT2D eigenvalue weighted by molar-refractivity contribution is -0.137. The van der Waals surface area contributed by atoms with Crippen LogP contribution >= 0.6 is 0 Å². The Morgan fingerprint density at radius 3 is 2.93 bits per heavy atom. The van der Waals surface area contributed by atoms with E-state index in [9.17, 15) is 13.2 Å².